The predicted octanol–water partition coefficient (Wildman–Crippen LogP) is 7.05. The molecule has 150 valence electrons. The number of benzene rings is 3. The van der Waals surface area contributed by atoms with Crippen molar-refractivity contribution in [2.45, 2.75) is 32.5 Å². The predicted molar refractivity (Wildman–Crippen MR) is 101 cm³/mol. The molecule has 0 amide bonds. The van der Waals surface area contributed by atoms with E-state index in [1.165, 1.54) is 17.7 Å². The van der Waals surface area contributed by atoms with Gasteiger partial charge in [-0.25, -0.2) is 8.78 Å². The van der Waals surface area contributed by atoms with Crippen LogP contribution in [0.15, 0.2) is 48.5 Å². The molecular weight excluding hydrogens is 387 g/mol. The lowest BCUT2D eigenvalue weighted by Crippen LogP contribution is -2.17. The Hall–Kier alpha value is -2.89. The van der Waals surface area contributed by atoms with Crippen molar-refractivity contribution in [1.29, 1.82) is 0 Å². The van der Waals surface area contributed by atoms with Gasteiger partial charge in [0.1, 0.15) is 5.82 Å². The molecule has 3 aromatic rings. The summed E-state index contributed by atoms with van der Waals surface area (Å²) >= 11 is 0. The number of rotatable bonds is 4. The Labute approximate surface area is 164 Å². The Morgan fingerprint density at radius 2 is 1.62 bits per heavy atom. The molecule has 0 heterocycles. The third-order valence-electron chi connectivity index (χ3n) is 5.08. The molecule has 1 nitrogen and oxygen atoms in total. The van der Waals surface area contributed by atoms with Crippen LogP contribution < -0.4 is 4.74 Å². The summed E-state index contributed by atoms with van der Waals surface area (Å²) in [4.78, 5) is 0. The Morgan fingerprint density at radius 1 is 0.897 bits per heavy atom. The highest BCUT2D eigenvalue weighted by Crippen LogP contribution is 2.41. The minimum atomic E-state index is -5.00. The van der Waals surface area contributed by atoms with Crippen molar-refractivity contribution in [2.24, 2.45) is 0 Å². The smallest absolute Gasteiger partial charge is 0.403 e. The van der Waals surface area contributed by atoms with Gasteiger partial charge in [0.2, 0.25) is 0 Å². The van der Waals surface area contributed by atoms with E-state index < -0.39 is 23.7 Å². The molecule has 1 aliphatic carbocycles. The number of halogens is 5. The van der Waals surface area contributed by atoms with Crippen LogP contribution in [-0.4, -0.2) is 6.36 Å². The quantitative estimate of drug-likeness (QED) is 0.331. The maximum atomic E-state index is 15.2. The SMILES string of the molecule is CCCc1ccc2c(c1)Cc1c-2ccc(-c2ccc(OC(F)(F)F)c(F)c2)c1F. The number of ether oxygens (including phenoxy) is 1. The largest absolute Gasteiger partial charge is 0.573 e. The van der Waals surface area contributed by atoms with E-state index in [9.17, 15) is 17.6 Å². The van der Waals surface area contributed by atoms with Crippen molar-refractivity contribution in [3.05, 3.63) is 76.9 Å². The molecule has 0 aromatic heterocycles. The standard InChI is InChI=1S/C23H17F5O/c1-2-3-13-4-6-16-15(10-13)11-19-18(16)8-7-17(22(19)25)14-5-9-21(20(24)12-14)29-23(26,27)28/h4-10,12H,2-3,11H2,1H3. The summed E-state index contributed by atoms with van der Waals surface area (Å²) in [6, 6.07) is 12.4. The minimum Gasteiger partial charge on any atom is -0.403 e. The highest BCUT2D eigenvalue weighted by atomic mass is 19.4. The lowest BCUT2D eigenvalue weighted by atomic mass is 9.97. The molecule has 0 saturated carbocycles. The molecule has 4 rings (SSSR count). The molecule has 0 saturated heterocycles. The highest BCUT2D eigenvalue weighted by molar-refractivity contribution is 5.81. The maximum Gasteiger partial charge on any atom is 0.573 e. The zero-order valence-corrected chi connectivity index (χ0v) is 15.5. The third-order valence-corrected chi connectivity index (χ3v) is 5.08. The first-order chi connectivity index (χ1) is 13.8. The van der Waals surface area contributed by atoms with Gasteiger partial charge in [0, 0.05) is 17.5 Å². The van der Waals surface area contributed by atoms with Crippen LogP contribution >= 0.6 is 0 Å². The van der Waals surface area contributed by atoms with Crippen molar-refractivity contribution in [3.63, 3.8) is 0 Å². The van der Waals surface area contributed by atoms with Crippen LogP contribution in [0.5, 0.6) is 5.75 Å². The molecule has 0 N–H and O–H groups in total. The fraction of sp³-hybridized carbons (Fsp3) is 0.217. The van der Waals surface area contributed by atoms with Gasteiger partial charge < -0.3 is 4.74 Å². The van der Waals surface area contributed by atoms with Crippen molar-refractivity contribution >= 4 is 0 Å². The van der Waals surface area contributed by atoms with E-state index in [0.29, 0.717) is 12.0 Å². The molecule has 0 unspecified atom stereocenters. The molecule has 0 radical (unpaired) electrons. The first-order valence-corrected chi connectivity index (χ1v) is 9.26. The van der Waals surface area contributed by atoms with Crippen LogP contribution in [0.2, 0.25) is 0 Å². The zero-order chi connectivity index (χ0) is 20.8. The lowest BCUT2D eigenvalue weighted by molar-refractivity contribution is -0.275. The molecule has 0 spiro atoms. The van der Waals surface area contributed by atoms with Crippen molar-refractivity contribution < 1.29 is 26.7 Å². The van der Waals surface area contributed by atoms with Gasteiger partial charge in [-0.3, -0.25) is 0 Å². The molecule has 6 heteroatoms. The summed E-state index contributed by atoms with van der Waals surface area (Å²) in [5, 5.41) is 0. The second-order valence-corrected chi connectivity index (χ2v) is 7.06. The maximum absolute atomic E-state index is 15.2. The molecule has 29 heavy (non-hydrogen) atoms. The fourth-order valence-corrected chi connectivity index (χ4v) is 3.84. The van der Waals surface area contributed by atoms with Crippen molar-refractivity contribution in [1.82, 2.24) is 0 Å². The molecular formula is C23H17F5O. The van der Waals surface area contributed by atoms with Gasteiger partial charge in [-0.05, 0) is 46.4 Å². The summed E-state index contributed by atoms with van der Waals surface area (Å²) in [6.45, 7) is 2.10. The van der Waals surface area contributed by atoms with Crippen molar-refractivity contribution in [2.75, 3.05) is 0 Å². The average Bonchev–Trinajstić information content (AvgIpc) is 3.02. The first-order valence-electron chi connectivity index (χ1n) is 9.26. The van der Waals surface area contributed by atoms with E-state index in [2.05, 4.69) is 17.7 Å². The second-order valence-electron chi connectivity index (χ2n) is 7.06. The number of hydrogen-bond acceptors (Lipinski definition) is 1. The molecule has 0 fully saturated rings. The van der Waals surface area contributed by atoms with E-state index >= 15 is 4.39 Å². The molecule has 0 bridgehead atoms. The van der Waals surface area contributed by atoms with Crippen LogP contribution in [-0.2, 0) is 12.8 Å². The number of hydrogen-bond donors (Lipinski definition) is 0. The minimum absolute atomic E-state index is 0.141. The molecule has 3 aromatic carbocycles. The Bertz CT molecular complexity index is 1090. The van der Waals surface area contributed by atoms with Crippen LogP contribution in [0, 0.1) is 11.6 Å². The average molecular weight is 404 g/mol. The van der Waals surface area contributed by atoms with E-state index in [4.69, 9.17) is 0 Å². The molecule has 0 atom stereocenters. The molecule has 1 aliphatic rings. The highest BCUT2D eigenvalue weighted by Gasteiger charge is 2.32. The number of fused-ring (bicyclic) bond motifs is 3. The first kappa shape index (κ1) is 19.4. The van der Waals surface area contributed by atoms with Crippen LogP contribution in [0.25, 0.3) is 22.3 Å². The van der Waals surface area contributed by atoms with Gasteiger partial charge in [0.05, 0.1) is 0 Å². The van der Waals surface area contributed by atoms with Gasteiger partial charge in [-0.15, -0.1) is 13.2 Å². The van der Waals surface area contributed by atoms with E-state index in [1.807, 2.05) is 12.1 Å². The normalized spacial score (nSPS) is 12.6. The van der Waals surface area contributed by atoms with E-state index in [1.54, 1.807) is 6.07 Å². The van der Waals surface area contributed by atoms with Gasteiger partial charge in [0.15, 0.2) is 11.6 Å². The van der Waals surface area contributed by atoms with Gasteiger partial charge >= 0.3 is 6.36 Å². The Balaban J connectivity index is 1.70. The number of alkyl halides is 3. The monoisotopic (exact) mass is 404 g/mol. The van der Waals surface area contributed by atoms with Crippen LogP contribution in [0.4, 0.5) is 22.0 Å². The number of aryl methyl sites for hydroxylation is 1. The van der Waals surface area contributed by atoms with Crippen LogP contribution in [0.1, 0.15) is 30.0 Å². The van der Waals surface area contributed by atoms with Gasteiger partial charge in [0.25, 0.3) is 0 Å². The van der Waals surface area contributed by atoms with Gasteiger partial charge in [-0.2, -0.15) is 0 Å². The molecule has 0 aliphatic heterocycles. The third kappa shape index (κ3) is 3.71. The summed E-state index contributed by atoms with van der Waals surface area (Å²) < 4.78 is 69.9. The van der Waals surface area contributed by atoms with Gasteiger partial charge in [-0.1, -0.05) is 49.7 Å². The Morgan fingerprint density at radius 3 is 2.31 bits per heavy atom. The zero-order valence-electron chi connectivity index (χ0n) is 15.5. The lowest BCUT2D eigenvalue weighted by Gasteiger charge is -2.12. The van der Waals surface area contributed by atoms with E-state index in [-0.39, 0.29) is 11.1 Å². The summed E-state index contributed by atoms with van der Waals surface area (Å²) in [5.74, 6) is -2.63. The summed E-state index contributed by atoms with van der Waals surface area (Å²) in [6.07, 6.45) is -2.60. The van der Waals surface area contributed by atoms with Crippen LogP contribution in [0.3, 0.4) is 0 Å². The fourth-order valence-electron chi connectivity index (χ4n) is 3.84. The summed E-state index contributed by atoms with van der Waals surface area (Å²) in [7, 11) is 0. The van der Waals surface area contributed by atoms with Crippen molar-refractivity contribution in [3.8, 4) is 28.0 Å². The Kier molecular flexibility index (Phi) is 4.81. The topological polar surface area (TPSA) is 9.23 Å². The second kappa shape index (κ2) is 7.17. The van der Waals surface area contributed by atoms with E-state index in [0.717, 1.165) is 41.7 Å². The summed E-state index contributed by atoms with van der Waals surface area (Å²) in [5.41, 5.74) is 4.82.